The van der Waals surface area contributed by atoms with Gasteiger partial charge in [0.25, 0.3) is 0 Å². The third-order valence-corrected chi connectivity index (χ3v) is 3.04. The average Bonchev–Trinajstić information content (AvgIpc) is 2.45. The van der Waals surface area contributed by atoms with E-state index in [0.29, 0.717) is 0 Å². The van der Waals surface area contributed by atoms with Gasteiger partial charge in [0.1, 0.15) is 5.60 Å². The highest BCUT2D eigenvalue weighted by Crippen LogP contribution is 2.41. The van der Waals surface area contributed by atoms with Crippen molar-refractivity contribution in [3.8, 4) is 0 Å². The molecule has 1 atom stereocenters. The van der Waals surface area contributed by atoms with Gasteiger partial charge >= 0.3 is 0 Å². The Bertz CT molecular complexity index is 397. The highest BCUT2D eigenvalue weighted by Gasteiger charge is 2.37. The maximum Gasteiger partial charge on any atom is 0.111 e. The van der Waals surface area contributed by atoms with E-state index in [0.717, 1.165) is 35.2 Å². The second kappa shape index (κ2) is 2.85. The monoisotopic (exact) mass is 189 g/mol. The van der Waals surface area contributed by atoms with Crippen LogP contribution in [0.2, 0.25) is 0 Å². The molecule has 14 heavy (non-hydrogen) atoms. The van der Waals surface area contributed by atoms with Crippen LogP contribution in [0.25, 0.3) is 0 Å². The summed E-state index contributed by atoms with van der Waals surface area (Å²) in [5.74, 6) is 0. The van der Waals surface area contributed by atoms with Crippen LogP contribution < -0.4 is 5.73 Å². The van der Waals surface area contributed by atoms with Crippen LogP contribution >= 0.6 is 0 Å². The normalized spacial score (nSPS) is 24.7. The molecule has 0 heterocycles. The summed E-state index contributed by atoms with van der Waals surface area (Å²) in [6.45, 7) is 5.72. The quantitative estimate of drug-likeness (QED) is 0.524. The minimum atomic E-state index is -0.830. The highest BCUT2D eigenvalue weighted by atomic mass is 16.3. The summed E-state index contributed by atoms with van der Waals surface area (Å²) >= 11 is 0. The lowest BCUT2D eigenvalue weighted by atomic mass is 9.89. The van der Waals surface area contributed by atoms with E-state index in [9.17, 15) is 5.11 Å². The van der Waals surface area contributed by atoms with Crippen LogP contribution in [0.5, 0.6) is 0 Å². The molecule has 0 saturated heterocycles. The van der Waals surface area contributed by atoms with Crippen LogP contribution in [-0.2, 0) is 12.0 Å². The molecule has 1 aliphatic rings. The SMILES string of the molecule is C=C(C)C1(O)CCc2cc(N)ccc21. The van der Waals surface area contributed by atoms with Crippen molar-refractivity contribution in [2.45, 2.75) is 25.4 Å². The average molecular weight is 189 g/mol. The summed E-state index contributed by atoms with van der Waals surface area (Å²) in [4.78, 5) is 0. The van der Waals surface area contributed by atoms with Crippen LogP contribution in [-0.4, -0.2) is 5.11 Å². The van der Waals surface area contributed by atoms with E-state index >= 15 is 0 Å². The van der Waals surface area contributed by atoms with Crippen LogP contribution in [0, 0.1) is 0 Å². The molecule has 2 heteroatoms. The Morgan fingerprint density at radius 3 is 2.93 bits per heavy atom. The molecule has 1 aromatic rings. The van der Waals surface area contributed by atoms with Crippen molar-refractivity contribution in [1.29, 1.82) is 0 Å². The van der Waals surface area contributed by atoms with E-state index < -0.39 is 5.60 Å². The van der Waals surface area contributed by atoms with Gasteiger partial charge in [-0.15, -0.1) is 0 Å². The number of nitrogen functional groups attached to an aromatic ring is 1. The van der Waals surface area contributed by atoms with Crippen molar-refractivity contribution < 1.29 is 5.11 Å². The fourth-order valence-electron chi connectivity index (χ4n) is 2.12. The van der Waals surface area contributed by atoms with Gasteiger partial charge in [-0.05, 0) is 48.6 Å². The summed E-state index contributed by atoms with van der Waals surface area (Å²) < 4.78 is 0. The number of fused-ring (bicyclic) bond motifs is 1. The molecular weight excluding hydrogens is 174 g/mol. The first kappa shape index (κ1) is 9.28. The first-order chi connectivity index (χ1) is 6.54. The first-order valence-electron chi connectivity index (χ1n) is 4.81. The first-order valence-corrected chi connectivity index (χ1v) is 4.81. The van der Waals surface area contributed by atoms with Crippen molar-refractivity contribution >= 4 is 5.69 Å². The zero-order valence-electron chi connectivity index (χ0n) is 8.38. The fourth-order valence-corrected chi connectivity index (χ4v) is 2.12. The van der Waals surface area contributed by atoms with Crippen molar-refractivity contribution in [3.63, 3.8) is 0 Å². The highest BCUT2D eigenvalue weighted by molar-refractivity contribution is 5.51. The lowest BCUT2D eigenvalue weighted by Crippen LogP contribution is -2.22. The molecule has 1 unspecified atom stereocenters. The minimum absolute atomic E-state index is 0.723. The Labute approximate surface area is 84.1 Å². The molecule has 74 valence electrons. The molecule has 0 fully saturated rings. The summed E-state index contributed by atoms with van der Waals surface area (Å²) in [6, 6.07) is 5.68. The molecule has 2 rings (SSSR count). The third kappa shape index (κ3) is 1.15. The lowest BCUT2D eigenvalue weighted by Gasteiger charge is -2.24. The summed E-state index contributed by atoms with van der Waals surface area (Å²) in [5, 5.41) is 10.4. The lowest BCUT2D eigenvalue weighted by molar-refractivity contribution is 0.0789. The molecule has 0 aromatic heterocycles. The molecule has 0 aliphatic heterocycles. The summed E-state index contributed by atoms with van der Waals surface area (Å²) in [7, 11) is 0. The number of aliphatic hydroxyl groups is 1. The Kier molecular flexibility index (Phi) is 1.89. The Morgan fingerprint density at radius 1 is 1.57 bits per heavy atom. The van der Waals surface area contributed by atoms with E-state index in [1.165, 1.54) is 0 Å². The topological polar surface area (TPSA) is 46.2 Å². The predicted molar refractivity (Wildman–Crippen MR) is 57.9 cm³/mol. The predicted octanol–water partition coefficient (Wildman–Crippen LogP) is 1.98. The second-order valence-corrected chi connectivity index (χ2v) is 4.06. The number of anilines is 1. The molecule has 0 saturated carbocycles. The van der Waals surface area contributed by atoms with Crippen molar-refractivity contribution in [1.82, 2.24) is 0 Å². The number of rotatable bonds is 1. The largest absolute Gasteiger partial charge is 0.399 e. The smallest absolute Gasteiger partial charge is 0.111 e. The minimum Gasteiger partial charge on any atom is -0.399 e. The number of benzene rings is 1. The van der Waals surface area contributed by atoms with Crippen LogP contribution in [0.15, 0.2) is 30.4 Å². The Hall–Kier alpha value is -1.28. The van der Waals surface area contributed by atoms with Gasteiger partial charge < -0.3 is 10.8 Å². The van der Waals surface area contributed by atoms with Crippen molar-refractivity contribution in [2.24, 2.45) is 0 Å². The zero-order chi connectivity index (χ0) is 10.3. The van der Waals surface area contributed by atoms with Crippen molar-refractivity contribution in [3.05, 3.63) is 41.5 Å². The van der Waals surface area contributed by atoms with Gasteiger partial charge in [0, 0.05) is 5.69 Å². The van der Waals surface area contributed by atoms with Gasteiger partial charge in [-0.25, -0.2) is 0 Å². The second-order valence-electron chi connectivity index (χ2n) is 4.06. The number of hydrogen-bond donors (Lipinski definition) is 2. The molecule has 0 bridgehead atoms. The van der Waals surface area contributed by atoms with Crippen molar-refractivity contribution in [2.75, 3.05) is 5.73 Å². The van der Waals surface area contributed by atoms with Gasteiger partial charge in [-0.3, -0.25) is 0 Å². The Morgan fingerprint density at radius 2 is 2.29 bits per heavy atom. The molecule has 1 aromatic carbocycles. The maximum atomic E-state index is 10.4. The Balaban J connectivity index is 2.55. The van der Waals surface area contributed by atoms with E-state index in [1.54, 1.807) is 0 Å². The maximum absolute atomic E-state index is 10.4. The third-order valence-electron chi connectivity index (χ3n) is 3.04. The molecule has 0 radical (unpaired) electrons. The van der Waals surface area contributed by atoms with Gasteiger partial charge in [-0.1, -0.05) is 12.6 Å². The van der Waals surface area contributed by atoms with E-state index in [1.807, 2.05) is 25.1 Å². The molecule has 0 amide bonds. The molecule has 0 spiro atoms. The van der Waals surface area contributed by atoms with Gasteiger partial charge in [0.2, 0.25) is 0 Å². The van der Waals surface area contributed by atoms with Crippen LogP contribution in [0.1, 0.15) is 24.5 Å². The van der Waals surface area contributed by atoms with Gasteiger partial charge in [0.15, 0.2) is 0 Å². The van der Waals surface area contributed by atoms with Crippen LogP contribution in [0.3, 0.4) is 0 Å². The van der Waals surface area contributed by atoms with E-state index in [2.05, 4.69) is 6.58 Å². The molecular formula is C12H15NO. The number of aryl methyl sites for hydroxylation is 1. The van der Waals surface area contributed by atoms with Crippen LogP contribution in [0.4, 0.5) is 5.69 Å². The standard InChI is InChI=1S/C12H15NO/c1-8(2)12(14)6-5-9-7-10(13)3-4-11(9)12/h3-4,7,14H,1,5-6,13H2,2H3. The van der Waals surface area contributed by atoms with Gasteiger partial charge in [-0.2, -0.15) is 0 Å². The molecule has 2 nitrogen and oxygen atoms in total. The fraction of sp³-hybridized carbons (Fsp3) is 0.333. The van der Waals surface area contributed by atoms with E-state index in [-0.39, 0.29) is 0 Å². The molecule has 3 N–H and O–H groups in total. The van der Waals surface area contributed by atoms with Gasteiger partial charge in [0.05, 0.1) is 0 Å². The number of nitrogens with two attached hydrogens (primary N) is 1. The molecule has 1 aliphatic carbocycles. The summed E-state index contributed by atoms with van der Waals surface area (Å²) in [6.07, 6.45) is 1.60. The number of hydrogen-bond acceptors (Lipinski definition) is 2. The van der Waals surface area contributed by atoms with E-state index in [4.69, 9.17) is 5.73 Å². The summed E-state index contributed by atoms with van der Waals surface area (Å²) in [5.41, 5.74) is 8.55. The zero-order valence-corrected chi connectivity index (χ0v) is 8.38.